The summed E-state index contributed by atoms with van der Waals surface area (Å²) in [6.07, 6.45) is 3.58. The van der Waals surface area contributed by atoms with Gasteiger partial charge in [0.25, 0.3) is 5.91 Å². The molecule has 1 aliphatic rings. The monoisotopic (exact) mass is 404 g/mol. The van der Waals surface area contributed by atoms with Gasteiger partial charge in [-0.1, -0.05) is 18.2 Å². The van der Waals surface area contributed by atoms with E-state index < -0.39 is 0 Å². The minimum atomic E-state index is -0.124. The maximum atomic E-state index is 13.5. The Bertz CT molecular complexity index is 1050. The Balaban J connectivity index is 1.70. The van der Waals surface area contributed by atoms with Gasteiger partial charge in [-0.15, -0.1) is 0 Å². The number of methoxy groups -OCH3 is 2. The quantitative estimate of drug-likeness (QED) is 0.653. The lowest BCUT2D eigenvalue weighted by Gasteiger charge is -2.27. The van der Waals surface area contributed by atoms with Gasteiger partial charge in [0, 0.05) is 23.5 Å². The minimum absolute atomic E-state index is 0.109. The number of pyridine rings is 1. The van der Waals surface area contributed by atoms with Crippen molar-refractivity contribution in [1.82, 2.24) is 9.88 Å². The van der Waals surface area contributed by atoms with E-state index in [1.807, 2.05) is 42.3 Å². The van der Waals surface area contributed by atoms with Gasteiger partial charge in [-0.3, -0.25) is 9.78 Å². The summed E-state index contributed by atoms with van der Waals surface area (Å²) in [4.78, 5) is 19.5. The summed E-state index contributed by atoms with van der Waals surface area (Å²) >= 11 is 0. The fourth-order valence-electron chi connectivity index (χ4n) is 3.68. The molecule has 0 saturated carbocycles. The van der Waals surface area contributed by atoms with E-state index in [4.69, 9.17) is 14.2 Å². The number of carbonyl (C=O) groups excluding carboxylic acids is 1. The van der Waals surface area contributed by atoms with Gasteiger partial charge >= 0.3 is 0 Å². The highest BCUT2D eigenvalue weighted by Crippen LogP contribution is 2.34. The topological polar surface area (TPSA) is 60.9 Å². The lowest BCUT2D eigenvalue weighted by atomic mass is 10.0. The van der Waals surface area contributed by atoms with Crippen molar-refractivity contribution in [2.75, 3.05) is 20.8 Å². The molecule has 0 radical (unpaired) electrons. The molecule has 0 aliphatic carbocycles. The number of para-hydroxylation sites is 1. The van der Waals surface area contributed by atoms with Crippen LogP contribution in [0.15, 0.2) is 60.9 Å². The number of amides is 1. The molecule has 6 heteroatoms. The molecule has 0 bridgehead atoms. The molecule has 1 atom stereocenters. The Morgan fingerprint density at radius 3 is 2.70 bits per heavy atom. The van der Waals surface area contributed by atoms with Gasteiger partial charge in [0.15, 0.2) is 11.5 Å². The second-order valence-corrected chi connectivity index (χ2v) is 7.20. The maximum absolute atomic E-state index is 13.5. The number of hydrogen-bond donors (Lipinski definition) is 0. The fraction of sp³-hybridized carbons (Fsp3) is 0.250. The first-order valence-electron chi connectivity index (χ1n) is 9.80. The SMILES string of the molecule is COc1cccc(C(=O)N2Cc3cc(-c4cccnc4)ccc3OC[C@@H]2C)c1OC. The van der Waals surface area contributed by atoms with E-state index in [1.54, 1.807) is 38.6 Å². The Hall–Kier alpha value is -3.54. The molecule has 1 amide bonds. The van der Waals surface area contributed by atoms with Crippen molar-refractivity contribution in [3.63, 3.8) is 0 Å². The van der Waals surface area contributed by atoms with Gasteiger partial charge in [-0.2, -0.15) is 0 Å². The van der Waals surface area contributed by atoms with Crippen molar-refractivity contribution >= 4 is 5.91 Å². The molecule has 0 unspecified atom stereocenters. The third-order valence-corrected chi connectivity index (χ3v) is 5.30. The molecule has 0 spiro atoms. The number of benzene rings is 2. The Labute approximate surface area is 176 Å². The highest BCUT2D eigenvalue weighted by molar-refractivity contribution is 5.98. The van der Waals surface area contributed by atoms with E-state index in [0.717, 1.165) is 22.4 Å². The van der Waals surface area contributed by atoms with Crippen LogP contribution in [-0.2, 0) is 6.54 Å². The van der Waals surface area contributed by atoms with Crippen molar-refractivity contribution in [3.05, 3.63) is 72.1 Å². The van der Waals surface area contributed by atoms with E-state index in [1.165, 1.54) is 0 Å². The molecule has 0 fully saturated rings. The number of ether oxygens (including phenoxy) is 3. The van der Waals surface area contributed by atoms with Crippen LogP contribution in [0, 0.1) is 0 Å². The minimum Gasteiger partial charge on any atom is -0.493 e. The summed E-state index contributed by atoms with van der Waals surface area (Å²) < 4.78 is 16.8. The predicted octanol–water partition coefficient (Wildman–Crippen LogP) is 4.19. The summed E-state index contributed by atoms with van der Waals surface area (Å²) in [6, 6.07) is 15.2. The molecule has 3 aromatic rings. The summed E-state index contributed by atoms with van der Waals surface area (Å²) in [5.74, 6) is 1.64. The molecule has 2 heterocycles. The second kappa shape index (κ2) is 8.45. The molecule has 1 aliphatic heterocycles. The molecule has 0 saturated heterocycles. The number of hydrogen-bond acceptors (Lipinski definition) is 5. The predicted molar refractivity (Wildman–Crippen MR) is 114 cm³/mol. The van der Waals surface area contributed by atoms with Gasteiger partial charge in [0.1, 0.15) is 12.4 Å². The van der Waals surface area contributed by atoms with E-state index in [0.29, 0.717) is 30.2 Å². The number of fused-ring (bicyclic) bond motifs is 1. The smallest absolute Gasteiger partial charge is 0.258 e. The zero-order chi connectivity index (χ0) is 21.1. The summed E-state index contributed by atoms with van der Waals surface area (Å²) in [5.41, 5.74) is 3.47. The van der Waals surface area contributed by atoms with Gasteiger partial charge in [-0.05, 0) is 42.8 Å². The first kappa shape index (κ1) is 19.8. The highest BCUT2D eigenvalue weighted by Gasteiger charge is 2.29. The van der Waals surface area contributed by atoms with E-state index in [2.05, 4.69) is 11.1 Å². The Kier molecular flexibility index (Phi) is 5.57. The normalized spacial score (nSPS) is 15.6. The van der Waals surface area contributed by atoms with Crippen molar-refractivity contribution < 1.29 is 19.0 Å². The van der Waals surface area contributed by atoms with E-state index in [9.17, 15) is 4.79 Å². The highest BCUT2D eigenvalue weighted by atomic mass is 16.5. The Morgan fingerprint density at radius 2 is 1.97 bits per heavy atom. The van der Waals surface area contributed by atoms with E-state index in [-0.39, 0.29) is 11.9 Å². The standard InChI is InChI=1S/C24H24N2O4/c1-16-15-30-21-10-9-17(18-6-5-11-25-13-18)12-19(21)14-26(16)24(27)20-7-4-8-22(28-2)23(20)29-3/h4-13,16H,14-15H2,1-3H3/t16-/m0/s1. The Morgan fingerprint density at radius 1 is 1.10 bits per heavy atom. The zero-order valence-corrected chi connectivity index (χ0v) is 17.3. The van der Waals surface area contributed by atoms with Crippen molar-refractivity contribution in [1.29, 1.82) is 0 Å². The van der Waals surface area contributed by atoms with E-state index >= 15 is 0 Å². The van der Waals surface area contributed by atoms with Gasteiger partial charge in [0.2, 0.25) is 0 Å². The van der Waals surface area contributed by atoms with Crippen LogP contribution in [0.4, 0.5) is 0 Å². The molecule has 1 aromatic heterocycles. The molecule has 0 N–H and O–H groups in total. The fourth-order valence-corrected chi connectivity index (χ4v) is 3.68. The van der Waals surface area contributed by atoms with Crippen LogP contribution in [-0.4, -0.2) is 42.7 Å². The molecule has 2 aromatic carbocycles. The summed E-state index contributed by atoms with van der Waals surface area (Å²) in [7, 11) is 3.10. The summed E-state index contributed by atoms with van der Waals surface area (Å²) in [5, 5.41) is 0. The zero-order valence-electron chi connectivity index (χ0n) is 17.3. The van der Waals surface area contributed by atoms with Crippen molar-refractivity contribution in [2.24, 2.45) is 0 Å². The van der Waals surface area contributed by atoms with Crippen molar-refractivity contribution in [3.8, 4) is 28.4 Å². The van der Waals surface area contributed by atoms with Crippen LogP contribution in [0.3, 0.4) is 0 Å². The average Bonchev–Trinajstić information content (AvgIpc) is 2.96. The number of nitrogens with zero attached hydrogens (tertiary/aromatic N) is 2. The lowest BCUT2D eigenvalue weighted by Crippen LogP contribution is -2.40. The number of carbonyl (C=O) groups is 1. The molecule has 154 valence electrons. The van der Waals surface area contributed by atoms with Crippen molar-refractivity contribution in [2.45, 2.75) is 19.5 Å². The van der Waals surface area contributed by atoms with Crippen LogP contribution in [0.2, 0.25) is 0 Å². The first-order valence-corrected chi connectivity index (χ1v) is 9.80. The average molecular weight is 404 g/mol. The summed E-state index contributed by atoms with van der Waals surface area (Å²) in [6.45, 7) is 2.83. The first-order chi connectivity index (χ1) is 14.6. The van der Waals surface area contributed by atoms with Gasteiger partial charge in [0.05, 0.1) is 32.4 Å². The number of rotatable bonds is 4. The molecule has 4 rings (SSSR count). The van der Waals surface area contributed by atoms with Crippen LogP contribution in [0.25, 0.3) is 11.1 Å². The lowest BCUT2D eigenvalue weighted by molar-refractivity contribution is 0.0641. The second-order valence-electron chi connectivity index (χ2n) is 7.20. The van der Waals surface area contributed by atoms with Crippen LogP contribution < -0.4 is 14.2 Å². The molecule has 30 heavy (non-hydrogen) atoms. The van der Waals surface area contributed by atoms with Gasteiger partial charge < -0.3 is 19.1 Å². The van der Waals surface area contributed by atoms with Crippen LogP contribution in [0.5, 0.6) is 17.2 Å². The third kappa shape index (κ3) is 3.68. The maximum Gasteiger partial charge on any atom is 0.258 e. The van der Waals surface area contributed by atoms with Crippen LogP contribution >= 0.6 is 0 Å². The molecule has 6 nitrogen and oxygen atoms in total. The molecular weight excluding hydrogens is 380 g/mol. The van der Waals surface area contributed by atoms with Gasteiger partial charge in [-0.25, -0.2) is 0 Å². The largest absolute Gasteiger partial charge is 0.493 e. The third-order valence-electron chi connectivity index (χ3n) is 5.30. The van der Waals surface area contributed by atoms with Crippen LogP contribution in [0.1, 0.15) is 22.8 Å². The number of aromatic nitrogens is 1. The molecular formula is C24H24N2O4.